The third-order valence-corrected chi connectivity index (χ3v) is 6.41. The highest BCUT2D eigenvalue weighted by Gasteiger charge is 2.18. The van der Waals surface area contributed by atoms with E-state index in [1.54, 1.807) is 6.92 Å². The zero-order valence-corrected chi connectivity index (χ0v) is 19.6. The van der Waals surface area contributed by atoms with Gasteiger partial charge in [-0.15, -0.1) is 0 Å². The zero-order chi connectivity index (χ0) is 23.2. The fraction of sp³-hybridized carbons (Fsp3) is 0.407. The number of Topliss-reactive ketones (excluding diaryl/α,β-unsaturated/α-hetero) is 1. The van der Waals surface area contributed by atoms with Gasteiger partial charge in [0.15, 0.2) is 5.78 Å². The number of ether oxygens (including phenoxy) is 1. The second-order valence-corrected chi connectivity index (χ2v) is 8.64. The summed E-state index contributed by atoms with van der Waals surface area (Å²) in [5, 5.41) is 1.22. The lowest BCUT2D eigenvalue weighted by atomic mass is 10.1. The topological polar surface area (TPSA) is 54.8 Å². The molecule has 0 bridgehead atoms. The Morgan fingerprint density at radius 3 is 2.39 bits per heavy atom. The molecule has 174 valence electrons. The number of nitrogens with zero attached hydrogens (tertiary/aromatic N) is 3. The van der Waals surface area contributed by atoms with E-state index in [0.717, 1.165) is 56.6 Å². The van der Waals surface area contributed by atoms with Crippen molar-refractivity contribution in [2.24, 2.45) is 0 Å². The van der Waals surface area contributed by atoms with E-state index in [1.807, 2.05) is 29.7 Å². The molecule has 0 spiro atoms. The largest absolute Gasteiger partial charge is 0.465 e. The van der Waals surface area contributed by atoms with Crippen LogP contribution in [0, 0.1) is 0 Å². The molecule has 1 aromatic heterocycles. The molecule has 0 radical (unpaired) electrons. The molecule has 0 atom stereocenters. The summed E-state index contributed by atoms with van der Waals surface area (Å²) in [6, 6.07) is 16.2. The van der Waals surface area contributed by atoms with Gasteiger partial charge in [0.1, 0.15) is 6.54 Å². The summed E-state index contributed by atoms with van der Waals surface area (Å²) < 4.78 is 7.15. The molecule has 1 fully saturated rings. The van der Waals surface area contributed by atoms with Crippen LogP contribution in [0.25, 0.3) is 10.9 Å². The molecule has 0 amide bonds. The molecule has 0 unspecified atom stereocenters. The number of para-hydroxylation sites is 1. The molecular weight excluding hydrogens is 414 g/mol. The van der Waals surface area contributed by atoms with Gasteiger partial charge in [-0.3, -0.25) is 14.5 Å². The molecular formula is C27H33N3O3. The molecule has 1 aliphatic rings. The number of rotatable bonds is 9. The van der Waals surface area contributed by atoms with Gasteiger partial charge >= 0.3 is 5.97 Å². The van der Waals surface area contributed by atoms with Crippen LogP contribution in [0.15, 0.2) is 54.7 Å². The number of carbonyl (C=O) groups is 2. The van der Waals surface area contributed by atoms with Gasteiger partial charge in [0.05, 0.1) is 6.61 Å². The van der Waals surface area contributed by atoms with Crippen LogP contribution < -0.4 is 4.90 Å². The highest BCUT2D eigenvalue weighted by Crippen LogP contribution is 2.23. The standard InChI is InChI=1S/C27H33N3O3/c1-3-33-27(32)20-30-19-23(25-8-4-5-9-26(25)30)7-6-14-28-15-17-29(18-16-28)24-12-10-22(11-13-24)21(2)31/h4-5,8-13,19H,3,6-7,14-18,20H2,1-2H3. The molecule has 33 heavy (non-hydrogen) atoms. The SMILES string of the molecule is CCOC(=O)Cn1cc(CCCN2CCN(c3ccc(C(C)=O)cc3)CC2)c2ccccc21. The Morgan fingerprint density at radius 2 is 1.70 bits per heavy atom. The van der Waals surface area contributed by atoms with Gasteiger partial charge < -0.3 is 14.2 Å². The van der Waals surface area contributed by atoms with Crippen LogP contribution >= 0.6 is 0 Å². The van der Waals surface area contributed by atoms with Crippen molar-refractivity contribution in [2.45, 2.75) is 33.2 Å². The van der Waals surface area contributed by atoms with Crippen LogP contribution in [0.4, 0.5) is 5.69 Å². The molecule has 0 N–H and O–H groups in total. The Bertz CT molecular complexity index is 1100. The maximum absolute atomic E-state index is 12.0. The molecule has 1 aliphatic heterocycles. The molecule has 4 rings (SSSR count). The number of anilines is 1. The van der Waals surface area contributed by atoms with Gasteiger partial charge in [0.25, 0.3) is 0 Å². The van der Waals surface area contributed by atoms with Gasteiger partial charge in [-0.2, -0.15) is 0 Å². The number of aromatic nitrogens is 1. The number of carbonyl (C=O) groups excluding carboxylic acids is 2. The highest BCUT2D eigenvalue weighted by molar-refractivity contribution is 5.94. The number of hydrogen-bond acceptors (Lipinski definition) is 5. The second kappa shape index (κ2) is 10.7. The third kappa shape index (κ3) is 5.63. The van der Waals surface area contributed by atoms with Gasteiger partial charge in [-0.25, -0.2) is 0 Å². The number of aryl methyl sites for hydroxylation is 1. The molecule has 0 saturated carbocycles. The van der Waals surface area contributed by atoms with Crippen molar-refractivity contribution in [3.63, 3.8) is 0 Å². The van der Waals surface area contributed by atoms with E-state index < -0.39 is 0 Å². The normalized spacial score (nSPS) is 14.5. The Labute approximate surface area is 195 Å². The first-order chi connectivity index (χ1) is 16.0. The van der Waals surface area contributed by atoms with Crippen molar-refractivity contribution in [3.05, 3.63) is 65.9 Å². The predicted octanol–water partition coefficient (Wildman–Crippen LogP) is 4.16. The molecule has 2 aromatic carbocycles. The van der Waals surface area contributed by atoms with Crippen LogP contribution in [-0.2, 0) is 22.5 Å². The van der Waals surface area contributed by atoms with E-state index in [2.05, 4.69) is 46.3 Å². The minimum Gasteiger partial charge on any atom is -0.465 e. The summed E-state index contributed by atoms with van der Waals surface area (Å²) in [6.07, 6.45) is 4.19. The Kier molecular flexibility index (Phi) is 7.45. The lowest BCUT2D eigenvalue weighted by Crippen LogP contribution is -2.46. The van der Waals surface area contributed by atoms with Crippen LogP contribution in [0.3, 0.4) is 0 Å². The predicted molar refractivity (Wildman–Crippen MR) is 132 cm³/mol. The average molecular weight is 448 g/mol. The van der Waals surface area contributed by atoms with Crippen molar-refractivity contribution in [2.75, 3.05) is 44.2 Å². The van der Waals surface area contributed by atoms with E-state index in [1.165, 1.54) is 16.6 Å². The smallest absolute Gasteiger partial charge is 0.325 e. The molecule has 0 aliphatic carbocycles. The summed E-state index contributed by atoms with van der Waals surface area (Å²) in [4.78, 5) is 28.4. The van der Waals surface area contributed by atoms with Crippen molar-refractivity contribution >= 4 is 28.3 Å². The fourth-order valence-corrected chi connectivity index (χ4v) is 4.63. The summed E-state index contributed by atoms with van der Waals surface area (Å²) in [7, 11) is 0. The van der Waals surface area contributed by atoms with Gasteiger partial charge in [0.2, 0.25) is 0 Å². The molecule has 6 heteroatoms. The fourth-order valence-electron chi connectivity index (χ4n) is 4.63. The first-order valence-corrected chi connectivity index (χ1v) is 11.9. The third-order valence-electron chi connectivity index (χ3n) is 6.41. The Morgan fingerprint density at radius 1 is 0.970 bits per heavy atom. The molecule has 6 nitrogen and oxygen atoms in total. The lowest BCUT2D eigenvalue weighted by molar-refractivity contribution is -0.143. The van der Waals surface area contributed by atoms with Crippen LogP contribution in [0.1, 0.15) is 36.2 Å². The van der Waals surface area contributed by atoms with Crippen molar-refractivity contribution in [1.29, 1.82) is 0 Å². The minimum absolute atomic E-state index is 0.107. The summed E-state index contributed by atoms with van der Waals surface area (Å²) in [5.41, 5.74) is 4.33. The van der Waals surface area contributed by atoms with Crippen LogP contribution in [0.5, 0.6) is 0 Å². The number of fused-ring (bicyclic) bond motifs is 1. The number of benzene rings is 2. The maximum Gasteiger partial charge on any atom is 0.325 e. The Balaban J connectivity index is 1.29. The van der Waals surface area contributed by atoms with E-state index in [9.17, 15) is 9.59 Å². The van der Waals surface area contributed by atoms with E-state index >= 15 is 0 Å². The maximum atomic E-state index is 12.0. The summed E-state index contributed by atoms with van der Waals surface area (Å²) in [5.74, 6) is -0.0889. The summed E-state index contributed by atoms with van der Waals surface area (Å²) in [6.45, 7) is 9.24. The van der Waals surface area contributed by atoms with Gasteiger partial charge in [-0.05, 0) is 69.1 Å². The van der Waals surface area contributed by atoms with E-state index in [0.29, 0.717) is 6.61 Å². The van der Waals surface area contributed by atoms with Crippen LogP contribution in [-0.4, -0.2) is 60.6 Å². The second-order valence-electron chi connectivity index (χ2n) is 8.64. The van der Waals surface area contributed by atoms with E-state index in [-0.39, 0.29) is 18.3 Å². The summed E-state index contributed by atoms with van der Waals surface area (Å²) >= 11 is 0. The monoisotopic (exact) mass is 447 g/mol. The lowest BCUT2D eigenvalue weighted by Gasteiger charge is -2.36. The first kappa shape index (κ1) is 23.1. The number of hydrogen-bond donors (Lipinski definition) is 0. The molecule has 1 saturated heterocycles. The number of piperazine rings is 1. The van der Waals surface area contributed by atoms with Crippen LogP contribution in [0.2, 0.25) is 0 Å². The van der Waals surface area contributed by atoms with Crippen molar-refractivity contribution < 1.29 is 14.3 Å². The number of ketones is 1. The van der Waals surface area contributed by atoms with E-state index in [4.69, 9.17) is 4.74 Å². The van der Waals surface area contributed by atoms with Crippen molar-refractivity contribution in [1.82, 2.24) is 9.47 Å². The Hall–Kier alpha value is -3.12. The molecule has 2 heterocycles. The first-order valence-electron chi connectivity index (χ1n) is 11.9. The van der Waals surface area contributed by atoms with Gasteiger partial charge in [0, 0.05) is 54.5 Å². The highest BCUT2D eigenvalue weighted by atomic mass is 16.5. The van der Waals surface area contributed by atoms with Gasteiger partial charge in [-0.1, -0.05) is 18.2 Å². The minimum atomic E-state index is -0.196. The molecule has 3 aromatic rings. The average Bonchev–Trinajstić information content (AvgIpc) is 3.17. The quantitative estimate of drug-likeness (QED) is 0.364. The van der Waals surface area contributed by atoms with Crippen molar-refractivity contribution in [3.8, 4) is 0 Å². The number of esters is 1. The zero-order valence-electron chi connectivity index (χ0n) is 19.6.